The van der Waals surface area contributed by atoms with Crippen LogP contribution in [0.25, 0.3) is 10.8 Å². The van der Waals surface area contributed by atoms with Gasteiger partial charge in [-0.1, -0.05) is 30.3 Å². The third kappa shape index (κ3) is 2.62. The maximum Gasteiger partial charge on any atom is 0.226 e. The fourth-order valence-electron chi connectivity index (χ4n) is 1.59. The van der Waals surface area contributed by atoms with Gasteiger partial charge in [0.15, 0.2) is 0 Å². The number of ether oxygens (including phenoxy) is 1. The number of carbonyl (C=O) groups is 1. The van der Waals surface area contributed by atoms with E-state index in [0.717, 1.165) is 11.1 Å². The number of rotatable bonds is 4. The number of amides is 1. The van der Waals surface area contributed by atoms with Crippen molar-refractivity contribution in [3.63, 3.8) is 0 Å². The molecule has 0 atom stereocenters. The van der Waals surface area contributed by atoms with Crippen molar-refractivity contribution in [2.45, 2.75) is 13.8 Å². The van der Waals surface area contributed by atoms with Gasteiger partial charge in [0.25, 0.3) is 0 Å². The molecule has 2 aromatic carbocycles. The van der Waals surface area contributed by atoms with Crippen LogP contribution in [0, 0.1) is 5.41 Å². The molecule has 3 heteroatoms. The fourth-order valence-corrected chi connectivity index (χ4v) is 1.59. The Morgan fingerprint density at radius 2 is 1.83 bits per heavy atom. The van der Waals surface area contributed by atoms with Crippen LogP contribution in [-0.2, 0) is 4.79 Å². The third-order valence-corrected chi connectivity index (χ3v) is 2.99. The van der Waals surface area contributed by atoms with Crippen molar-refractivity contribution in [1.29, 1.82) is 0 Å². The molecule has 2 rings (SSSR count). The zero-order chi connectivity index (χ0) is 13.2. The third-order valence-electron chi connectivity index (χ3n) is 2.99. The highest BCUT2D eigenvalue weighted by molar-refractivity contribution is 5.83. The molecule has 0 aliphatic carbocycles. The summed E-state index contributed by atoms with van der Waals surface area (Å²) in [6.45, 7) is 3.83. The molecule has 0 bridgehead atoms. The summed E-state index contributed by atoms with van der Waals surface area (Å²) in [5.74, 6) is 0.395. The quantitative estimate of drug-likeness (QED) is 0.897. The van der Waals surface area contributed by atoms with E-state index in [-0.39, 0.29) is 12.5 Å². The van der Waals surface area contributed by atoms with E-state index in [1.165, 1.54) is 5.39 Å². The Kier molecular flexibility index (Phi) is 3.24. The molecule has 0 aliphatic rings. The first kappa shape index (κ1) is 12.4. The van der Waals surface area contributed by atoms with Crippen molar-refractivity contribution in [2.75, 3.05) is 6.61 Å². The van der Waals surface area contributed by atoms with Gasteiger partial charge in [-0.25, -0.2) is 0 Å². The SMILES string of the molecule is CC(C)(COc1ccc2ccccc2c1)C(N)=O. The van der Waals surface area contributed by atoms with E-state index in [4.69, 9.17) is 10.5 Å². The van der Waals surface area contributed by atoms with Gasteiger partial charge in [-0.05, 0) is 36.8 Å². The number of nitrogens with two attached hydrogens (primary N) is 1. The lowest BCUT2D eigenvalue weighted by Crippen LogP contribution is -2.36. The summed E-state index contributed by atoms with van der Waals surface area (Å²) in [6.07, 6.45) is 0. The van der Waals surface area contributed by atoms with E-state index in [9.17, 15) is 4.79 Å². The van der Waals surface area contributed by atoms with Crippen LogP contribution in [0.3, 0.4) is 0 Å². The van der Waals surface area contributed by atoms with Crippen LogP contribution in [0.1, 0.15) is 13.8 Å². The summed E-state index contributed by atoms with van der Waals surface area (Å²) >= 11 is 0. The summed E-state index contributed by atoms with van der Waals surface area (Å²) in [4.78, 5) is 11.2. The maximum atomic E-state index is 11.2. The van der Waals surface area contributed by atoms with Crippen molar-refractivity contribution >= 4 is 16.7 Å². The number of carbonyl (C=O) groups excluding carboxylic acids is 1. The highest BCUT2D eigenvalue weighted by Crippen LogP contribution is 2.23. The Morgan fingerprint density at radius 1 is 1.17 bits per heavy atom. The molecule has 0 saturated carbocycles. The molecule has 3 nitrogen and oxygen atoms in total. The van der Waals surface area contributed by atoms with Crippen molar-refractivity contribution in [3.8, 4) is 5.75 Å². The van der Waals surface area contributed by atoms with Crippen LogP contribution >= 0.6 is 0 Å². The molecule has 94 valence electrons. The zero-order valence-corrected chi connectivity index (χ0v) is 10.6. The van der Waals surface area contributed by atoms with Crippen LogP contribution in [-0.4, -0.2) is 12.5 Å². The molecule has 0 fully saturated rings. The van der Waals surface area contributed by atoms with Crippen molar-refractivity contribution in [3.05, 3.63) is 42.5 Å². The molecule has 0 aliphatic heterocycles. The first-order valence-electron chi connectivity index (χ1n) is 5.90. The summed E-state index contributed by atoms with van der Waals surface area (Å²) in [5, 5.41) is 2.28. The van der Waals surface area contributed by atoms with E-state index < -0.39 is 5.41 Å². The Balaban J connectivity index is 2.15. The molecule has 0 saturated heterocycles. The topological polar surface area (TPSA) is 52.3 Å². The van der Waals surface area contributed by atoms with Gasteiger partial charge < -0.3 is 10.5 Å². The van der Waals surface area contributed by atoms with Gasteiger partial charge in [-0.15, -0.1) is 0 Å². The second-order valence-electron chi connectivity index (χ2n) is 5.05. The molecule has 18 heavy (non-hydrogen) atoms. The predicted octanol–water partition coefficient (Wildman–Crippen LogP) is 2.73. The van der Waals surface area contributed by atoms with Crippen molar-refractivity contribution < 1.29 is 9.53 Å². The van der Waals surface area contributed by atoms with Crippen molar-refractivity contribution in [1.82, 2.24) is 0 Å². The van der Waals surface area contributed by atoms with Crippen LogP contribution in [0.4, 0.5) is 0 Å². The van der Waals surface area contributed by atoms with Gasteiger partial charge in [-0.2, -0.15) is 0 Å². The normalized spacial score (nSPS) is 11.4. The standard InChI is InChI=1S/C15H17NO2/c1-15(2,14(16)17)10-18-13-8-7-11-5-3-4-6-12(11)9-13/h3-9H,10H2,1-2H3,(H2,16,17). The molecule has 2 aromatic rings. The van der Waals surface area contributed by atoms with Gasteiger partial charge in [0, 0.05) is 0 Å². The zero-order valence-electron chi connectivity index (χ0n) is 10.6. The van der Waals surface area contributed by atoms with Gasteiger partial charge in [0.05, 0.1) is 5.41 Å². The second kappa shape index (κ2) is 4.69. The first-order chi connectivity index (χ1) is 8.49. The van der Waals surface area contributed by atoms with Gasteiger partial charge in [0.2, 0.25) is 5.91 Å². The largest absolute Gasteiger partial charge is 0.492 e. The van der Waals surface area contributed by atoms with Crippen molar-refractivity contribution in [2.24, 2.45) is 11.1 Å². The van der Waals surface area contributed by atoms with E-state index in [1.807, 2.05) is 42.5 Å². The number of benzene rings is 2. The van der Waals surface area contributed by atoms with Crippen LogP contribution in [0.15, 0.2) is 42.5 Å². The minimum absolute atomic E-state index is 0.278. The Hall–Kier alpha value is -2.03. The summed E-state index contributed by atoms with van der Waals surface area (Å²) in [7, 11) is 0. The molecule has 0 aromatic heterocycles. The summed E-state index contributed by atoms with van der Waals surface area (Å²) < 4.78 is 5.64. The lowest BCUT2D eigenvalue weighted by Gasteiger charge is -2.20. The predicted molar refractivity (Wildman–Crippen MR) is 72.4 cm³/mol. The molecule has 1 amide bonds. The van der Waals surface area contributed by atoms with E-state index >= 15 is 0 Å². The van der Waals surface area contributed by atoms with Gasteiger partial charge in [-0.3, -0.25) is 4.79 Å². The Morgan fingerprint density at radius 3 is 2.50 bits per heavy atom. The monoisotopic (exact) mass is 243 g/mol. The average Bonchev–Trinajstić information content (AvgIpc) is 2.36. The lowest BCUT2D eigenvalue weighted by atomic mass is 9.94. The van der Waals surface area contributed by atoms with E-state index in [1.54, 1.807) is 13.8 Å². The molecular weight excluding hydrogens is 226 g/mol. The Labute approximate surface area is 107 Å². The Bertz CT molecular complexity index is 575. The summed E-state index contributed by atoms with van der Waals surface area (Å²) in [6, 6.07) is 13.9. The molecule has 2 N–H and O–H groups in total. The summed E-state index contributed by atoms with van der Waals surface area (Å²) in [5.41, 5.74) is 4.64. The second-order valence-corrected chi connectivity index (χ2v) is 5.05. The molecular formula is C15H17NO2. The van der Waals surface area contributed by atoms with Gasteiger partial charge in [0.1, 0.15) is 12.4 Å². The number of fused-ring (bicyclic) bond motifs is 1. The van der Waals surface area contributed by atoms with E-state index in [0.29, 0.717) is 0 Å². The first-order valence-corrected chi connectivity index (χ1v) is 5.90. The fraction of sp³-hybridized carbons (Fsp3) is 0.267. The smallest absolute Gasteiger partial charge is 0.226 e. The number of primary amides is 1. The maximum absolute atomic E-state index is 11.2. The number of hydrogen-bond donors (Lipinski definition) is 1. The molecule has 0 radical (unpaired) electrons. The van der Waals surface area contributed by atoms with Crippen LogP contribution in [0.5, 0.6) is 5.75 Å². The number of hydrogen-bond acceptors (Lipinski definition) is 2. The molecule has 0 heterocycles. The minimum Gasteiger partial charge on any atom is -0.492 e. The molecule has 0 unspecified atom stereocenters. The highest BCUT2D eigenvalue weighted by atomic mass is 16.5. The minimum atomic E-state index is -0.661. The molecule has 0 spiro atoms. The van der Waals surface area contributed by atoms with Gasteiger partial charge >= 0.3 is 0 Å². The van der Waals surface area contributed by atoms with Crippen LogP contribution < -0.4 is 10.5 Å². The lowest BCUT2D eigenvalue weighted by molar-refractivity contribution is -0.127. The average molecular weight is 243 g/mol. The van der Waals surface area contributed by atoms with E-state index in [2.05, 4.69) is 0 Å². The van der Waals surface area contributed by atoms with Crippen LogP contribution in [0.2, 0.25) is 0 Å². The highest BCUT2D eigenvalue weighted by Gasteiger charge is 2.25.